The SMILES string of the molecule is CCC(C)C(N)C(=O)NC(Cc1cnc[nH]1)C(=O)NC(CC(C)C)C(=O)NC(CCC(N)=O)C(=O)O. The number of aromatic amines is 1. The Morgan fingerprint density at radius 2 is 1.58 bits per heavy atom. The molecule has 0 saturated carbocycles. The summed E-state index contributed by atoms with van der Waals surface area (Å²) in [4.78, 5) is 68.3. The quantitative estimate of drug-likeness (QED) is 0.149. The zero-order valence-corrected chi connectivity index (χ0v) is 21.2. The lowest BCUT2D eigenvalue weighted by Crippen LogP contribution is -2.58. The minimum absolute atomic E-state index is 0.0329. The van der Waals surface area contributed by atoms with Gasteiger partial charge in [-0.15, -0.1) is 0 Å². The lowest BCUT2D eigenvalue weighted by Gasteiger charge is -2.26. The zero-order valence-electron chi connectivity index (χ0n) is 21.2. The molecule has 0 aliphatic heterocycles. The van der Waals surface area contributed by atoms with Crippen LogP contribution in [0.4, 0.5) is 0 Å². The highest BCUT2D eigenvalue weighted by Crippen LogP contribution is 2.10. The van der Waals surface area contributed by atoms with Crippen molar-refractivity contribution in [1.29, 1.82) is 0 Å². The number of primary amides is 1. The van der Waals surface area contributed by atoms with Crippen molar-refractivity contribution < 1.29 is 29.1 Å². The molecule has 5 unspecified atom stereocenters. The van der Waals surface area contributed by atoms with Gasteiger partial charge >= 0.3 is 5.97 Å². The van der Waals surface area contributed by atoms with Gasteiger partial charge in [0.2, 0.25) is 23.6 Å². The Labute approximate surface area is 210 Å². The second-order valence-corrected chi connectivity index (χ2v) is 9.35. The predicted molar refractivity (Wildman–Crippen MR) is 131 cm³/mol. The molecule has 36 heavy (non-hydrogen) atoms. The summed E-state index contributed by atoms with van der Waals surface area (Å²) in [7, 11) is 0. The average Bonchev–Trinajstić information content (AvgIpc) is 3.31. The molecule has 0 bridgehead atoms. The predicted octanol–water partition coefficient (Wildman–Crippen LogP) is -0.824. The number of hydrogen-bond donors (Lipinski definition) is 7. The Morgan fingerprint density at radius 1 is 1.00 bits per heavy atom. The van der Waals surface area contributed by atoms with Crippen LogP contribution in [-0.2, 0) is 30.4 Å². The van der Waals surface area contributed by atoms with Gasteiger partial charge in [0.1, 0.15) is 18.1 Å². The molecule has 13 nitrogen and oxygen atoms in total. The van der Waals surface area contributed by atoms with Crippen LogP contribution in [-0.4, -0.2) is 68.8 Å². The Morgan fingerprint density at radius 3 is 2.08 bits per heavy atom. The molecule has 0 spiro atoms. The summed E-state index contributed by atoms with van der Waals surface area (Å²) in [6, 6.07) is -4.34. The van der Waals surface area contributed by atoms with Crippen LogP contribution in [0.25, 0.3) is 0 Å². The van der Waals surface area contributed by atoms with Gasteiger partial charge in [0.05, 0.1) is 12.4 Å². The summed E-state index contributed by atoms with van der Waals surface area (Å²) >= 11 is 0. The molecule has 1 rings (SSSR count). The van der Waals surface area contributed by atoms with Gasteiger partial charge < -0.3 is 37.5 Å². The lowest BCUT2D eigenvalue weighted by molar-refractivity contribution is -0.142. The molecule has 202 valence electrons. The first-order valence-corrected chi connectivity index (χ1v) is 12.0. The van der Waals surface area contributed by atoms with Crippen molar-refractivity contribution in [3.05, 3.63) is 18.2 Å². The summed E-state index contributed by atoms with van der Waals surface area (Å²) in [5, 5.41) is 17.1. The molecular formula is C23H39N7O6. The second-order valence-electron chi connectivity index (χ2n) is 9.35. The van der Waals surface area contributed by atoms with Crippen molar-refractivity contribution in [2.75, 3.05) is 0 Å². The van der Waals surface area contributed by atoms with Crippen LogP contribution in [0.15, 0.2) is 12.5 Å². The number of nitrogens with one attached hydrogen (secondary N) is 4. The maximum atomic E-state index is 13.2. The molecule has 13 heteroatoms. The number of aromatic nitrogens is 2. The van der Waals surface area contributed by atoms with E-state index in [2.05, 4.69) is 25.9 Å². The summed E-state index contributed by atoms with van der Waals surface area (Å²) in [6.45, 7) is 7.40. The van der Waals surface area contributed by atoms with Gasteiger partial charge in [0.15, 0.2) is 0 Å². The van der Waals surface area contributed by atoms with Gasteiger partial charge in [-0.05, 0) is 24.7 Å². The van der Waals surface area contributed by atoms with Crippen LogP contribution in [0.5, 0.6) is 0 Å². The van der Waals surface area contributed by atoms with Gasteiger partial charge in [-0.25, -0.2) is 9.78 Å². The van der Waals surface area contributed by atoms with E-state index >= 15 is 0 Å². The third-order valence-electron chi connectivity index (χ3n) is 5.81. The number of nitrogens with zero attached hydrogens (tertiary/aromatic N) is 1. The van der Waals surface area contributed by atoms with Crippen molar-refractivity contribution >= 4 is 29.6 Å². The fourth-order valence-corrected chi connectivity index (χ4v) is 3.40. The molecule has 0 radical (unpaired) electrons. The fourth-order valence-electron chi connectivity index (χ4n) is 3.40. The number of carboxylic acid groups (broad SMARTS) is 1. The van der Waals surface area contributed by atoms with Crippen molar-refractivity contribution in [3.63, 3.8) is 0 Å². The van der Waals surface area contributed by atoms with E-state index in [1.807, 2.05) is 27.7 Å². The number of carboxylic acids is 1. The first-order valence-electron chi connectivity index (χ1n) is 12.0. The molecule has 0 fully saturated rings. The van der Waals surface area contributed by atoms with Crippen molar-refractivity contribution in [3.8, 4) is 0 Å². The maximum Gasteiger partial charge on any atom is 0.326 e. The third kappa shape index (κ3) is 10.4. The first-order chi connectivity index (χ1) is 16.8. The highest BCUT2D eigenvalue weighted by molar-refractivity contribution is 5.94. The van der Waals surface area contributed by atoms with E-state index in [0.29, 0.717) is 12.1 Å². The molecule has 1 aromatic heterocycles. The second kappa shape index (κ2) is 14.8. The largest absolute Gasteiger partial charge is 0.480 e. The van der Waals surface area contributed by atoms with Gasteiger partial charge in [-0.1, -0.05) is 34.1 Å². The summed E-state index contributed by atoms with van der Waals surface area (Å²) in [5.74, 6) is -4.05. The summed E-state index contributed by atoms with van der Waals surface area (Å²) < 4.78 is 0. The smallest absolute Gasteiger partial charge is 0.326 e. The molecule has 1 aromatic rings. The number of hydrogen-bond acceptors (Lipinski definition) is 7. The minimum atomic E-state index is -1.36. The molecule has 0 saturated heterocycles. The number of rotatable bonds is 16. The number of H-pyrrole nitrogens is 1. The van der Waals surface area contributed by atoms with E-state index < -0.39 is 53.8 Å². The Balaban J connectivity index is 3.06. The molecule has 9 N–H and O–H groups in total. The topological polar surface area (TPSA) is 222 Å². The third-order valence-corrected chi connectivity index (χ3v) is 5.81. The van der Waals surface area contributed by atoms with Crippen LogP contribution in [0.2, 0.25) is 0 Å². The van der Waals surface area contributed by atoms with Crippen LogP contribution in [0.1, 0.15) is 59.1 Å². The monoisotopic (exact) mass is 509 g/mol. The van der Waals surface area contributed by atoms with Gasteiger partial charge in [-0.2, -0.15) is 0 Å². The lowest BCUT2D eigenvalue weighted by atomic mass is 9.98. The number of imidazole rings is 1. The van der Waals surface area contributed by atoms with E-state index in [4.69, 9.17) is 11.5 Å². The number of nitrogens with two attached hydrogens (primary N) is 2. The van der Waals surface area contributed by atoms with Crippen molar-refractivity contribution in [2.45, 2.75) is 84.0 Å². The highest BCUT2D eigenvalue weighted by Gasteiger charge is 2.31. The molecule has 4 amide bonds. The Bertz CT molecular complexity index is 890. The van der Waals surface area contributed by atoms with E-state index in [1.165, 1.54) is 12.5 Å². The van der Waals surface area contributed by atoms with Gasteiger partial charge in [0, 0.05) is 24.7 Å². The summed E-state index contributed by atoms with van der Waals surface area (Å²) in [5.41, 5.74) is 11.7. The fraction of sp³-hybridized carbons (Fsp3) is 0.652. The molecule has 1 heterocycles. The standard InChI is InChI=1S/C23H39N7O6/c1-5-13(4)19(25)22(34)30-17(9-14-10-26-11-27-14)21(33)29-16(8-12(2)3)20(32)28-15(23(35)36)6-7-18(24)31/h10-13,15-17,19H,5-9,25H2,1-4H3,(H2,24,31)(H,26,27)(H,28,32)(H,29,33)(H,30,34)(H,35,36). The zero-order chi connectivity index (χ0) is 27.4. The maximum absolute atomic E-state index is 13.2. The highest BCUT2D eigenvalue weighted by atomic mass is 16.4. The molecule has 0 aromatic carbocycles. The van der Waals surface area contributed by atoms with Crippen molar-refractivity contribution in [1.82, 2.24) is 25.9 Å². The number of aliphatic carboxylic acids is 1. The molecule has 5 atom stereocenters. The van der Waals surface area contributed by atoms with Crippen LogP contribution < -0.4 is 27.4 Å². The molecule has 0 aliphatic carbocycles. The first kappa shape index (κ1) is 30.6. The van der Waals surface area contributed by atoms with Crippen LogP contribution in [0, 0.1) is 11.8 Å². The molecular weight excluding hydrogens is 470 g/mol. The van der Waals surface area contributed by atoms with Crippen molar-refractivity contribution in [2.24, 2.45) is 23.3 Å². The molecule has 0 aliphatic rings. The average molecular weight is 510 g/mol. The van der Waals surface area contributed by atoms with E-state index in [0.717, 1.165) is 0 Å². The Hall–Kier alpha value is -3.48. The normalized spacial score (nSPS) is 15.3. The number of amides is 4. The van der Waals surface area contributed by atoms with Crippen LogP contribution >= 0.6 is 0 Å². The van der Waals surface area contributed by atoms with E-state index in [9.17, 15) is 29.1 Å². The van der Waals surface area contributed by atoms with Crippen LogP contribution in [0.3, 0.4) is 0 Å². The van der Waals surface area contributed by atoms with E-state index in [1.54, 1.807) is 0 Å². The van der Waals surface area contributed by atoms with E-state index in [-0.39, 0.29) is 37.5 Å². The van der Waals surface area contributed by atoms with Gasteiger partial charge in [-0.3, -0.25) is 19.2 Å². The minimum Gasteiger partial charge on any atom is -0.480 e. The Kier molecular flexibility index (Phi) is 12.6. The number of carbonyl (C=O) groups excluding carboxylic acids is 4. The number of carbonyl (C=O) groups is 5. The summed E-state index contributed by atoms with van der Waals surface area (Å²) in [6.07, 6.45) is 3.47. The van der Waals surface area contributed by atoms with Gasteiger partial charge in [0.25, 0.3) is 0 Å².